The summed E-state index contributed by atoms with van der Waals surface area (Å²) >= 11 is 0. The molecule has 2 heterocycles. The molecule has 23 heavy (non-hydrogen) atoms. The Bertz CT molecular complexity index is 533. The molecule has 4 atom stereocenters. The number of aliphatic hydroxyl groups excluding tert-OH is 2. The number of aliphatic hydroxyl groups is 2. The Kier molecular flexibility index (Phi) is 4.29. The van der Waals surface area contributed by atoms with Crippen LogP contribution in [0.15, 0.2) is 11.1 Å². The van der Waals surface area contributed by atoms with Gasteiger partial charge in [-0.3, -0.25) is 4.79 Å². The van der Waals surface area contributed by atoms with E-state index in [1.807, 2.05) is 11.8 Å². The Morgan fingerprint density at radius 1 is 1.35 bits per heavy atom. The fourth-order valence-corrected chi connectivity index (χ4v) is 4.48. The van der Waals surface area contributed by atoms with Crippen molar-refractivity contribution in [3.8, 4) is 0 Å². The highest BCUT2D eigenvalue weighted by molar-refractivity contribution is 6.04. The number of methoxy groups -OCH3 is 1. The van der Waals surface area contributed by atoms with Crippen LogP contribution in [0.5, 0.6) is 0 Å². The van der Waals surface area contributed by atoms with E-state index < -0.39 is 18.0 Å². The summed E-state index contributed by atoms with van der Waals surface area (Å²) in [6.07, 6.45) is 2.14. The number of hydrogen-bond donors (Lipinski definition) is 2. The highest BCUT2D eigenvalue weighted by Gasteiger charge is 2.59. The topological polar surface area (TPSA) is 79.2 Å². The monoisotopic (exact) mass is 325 g/mol. The zero-order valence-electron chi connectivity index (χ0n) is 14.2. The average Bonchev–Trinajstić information content (AvgIpc) is 2.84. The molecule has 2 saturated heterocycles. The summed E-state index contributed by atoms with van der Waals surface area (Å²) in [6.45, 7) is 4.82. The summed E-state index contributed by atoms with van der Waals surface area (Å²) in [5.74, 6) is -1.49. The van der Waals surface area contributed by atoms with E-state index in [2.05, 4.69) is 6.92 Å². The summed E-state index contributed by atoms with van der Waals surface area (Å²) in [5.41, 5.74) is 0.870. The van der Waals surface area contributed by atoms with Crippen LogP contribution in [0.3, 0.4) is 0 Å². The molecule has 0 radical (unpaired) electrons. The van der Waals surface area contributed by atoms with Crippen LogP contribution in [0.2, 0.25) is 0 Å². The molecule has 0 aromatic carbocycles. The molecule has 2 bridgehead atoms. The van der Waals surface area contributed by atoms with Gasteiger partial charge in [0.15, 0.2) is 0 Å². The van der Waals surface area contributed by atoms with Gasteiger partial charge in [0.2, 0.25) is 5.79 Å². The Labute approximate surface area is 137 Å². The standard InChI is InChI=1S/C17H27NO5/c1-4-18-15(21)13-11-10-23-17(22-3,14(11)20)12(19)8-6-5-7-9-16(13,18)2/h12,14,19-20H,4-10H2,1-3H3. The first-order valence-electron chi connectivity index (χ1n) is 8.53. The number of amides is 1. The molecule has 2 fully saturated rings. The molecule has 6 heteroatoms. The van der Waals surface area contributed by atoms with Crippen molar-refractivity contribution in [1.82, 2.24) is 4.90 Å². The van der Waals surface area contributed by atoms with Crippen molar-refractivity contribution in [3.63, 3.8) is 0 Å². The first-order valence-corrected chi connectivity index (χ1v) is 8.53. The third-order valence-electron chi connectivity index (χ3n) is 5.82. The normalized spacial score (nSPS) is 41.4. The lowest BCUT2D eigenvalue weighted by molar-refractivity contribution is -0.279. The molecule has 130 valence electrons. The van der Waals surface area contributed by atoms with E-state index in [1.165, 1.54) is 7.11 Å². The van der Waals surface area contributed by atoms with Crippen molar-refractivity contribution >= 4 is 5.91 Å². The van der Waals surface area contributed by atoms with Crippen LogP contribution >= 0.6 is 0 Å². The van der Waals surface area contributed by atoms with E-state index in [4.69, 9.17) is 9.47 Å². The van der Waals surface area contributed by atoms with E-state index in [0.717, 1.165) is 25.7 Å². The summed E-state index contributed by atoms with van der Waals surface area (Å²) in [5, 5.41) is 21.3. The van der Waals surface area contributed by atoms with Crippen LogP contribution < -0.4 is 0 Å². The average molecular weight is 325 g/mol. The lowest BCUT2D eigenvalue weighted by atomic mass is 9.73. The number of nitrogens with zero attached hydrogens (tertiary/aromatic N) is 1. The molecule has 0 saturated carbocycles. The molecular formula is C17H27NO5. The summed E-state index contributed by atoms with van der Waals surface area (Å²) < 4.78 is 11.1. The molecule has 0 spiro atoms. The lowest BCUT2D eigenvalue weighted by Crippen LogP contribution is -2.65. The molecule has 2 N–H and O–H groups in total. The number of fused-ring (bicyclic) bond motifs is 3. The zero-order valence-corrected chi connectivity index (χ0v) is 14.2. The summed E-state index contributed by atoms with van der Waals surface area (Å²) in [7, 11) is 1.43. The Balaban J connectivity index is 2.07. The van der Waals surface area contributed by atoms with Gasteiger partial charge in [0.25, 0.3) is 5.91 Å². The van der Waals surface area contributed by atoms with E-state index >= 15 is 0 Å². The van der Waals surface area contributed by atoms with Crippen LogP contribution in [0.4, 0.5) is 0 Å². The number of carbonyl (C=O) groups excluding carboxylic acids is 1. The molecule has 3 rings (SSSR count). The Hall–Kier alpha value is -0.950. The third-order valence-corrected chi connectivity index (χ3v) is 5.82. The maximum atomic E-state index is 12.6. The fraction of sp³-hybridized carbons (Fsp3) is 0.824. The van der Waals surface area contributed by atoms with Gasteiger partial charge < -0.3 is 24.6 Å². The van der Waals surface area contributed by atoms with Gasteiger partial charge >= 0.3 is 0 Å². The first-order chi connectivity index (χ1) is 10.9. The minimum Gasteiger partial charge on any atom is -0.387 e. The Morgan fingerprint density at radius 2 is 2.09 bits per heavy atom. The van der Waals surface area contributed by atoms with E-state index in [0.29, 0.717) is 24.1 Å². The SMILES string of the molecule is CCN1C(=O)C2=C3COC(OC)(C(O)CCCCCC21C)C3O. The molecule has 2 aliphatic heterocycles. The third kappa shape index (κ3) is 2.19. The highest BCUT2D eigenvalue weighted by Crippen LogP contribution is 2.48. The number of rotatable bonds is 2. The molecule has 6 nitrogen and oxygen atoms in total. The van der Waals surface area contributed by atoms with Crippen molar-refractivity contribution in [3.05, 3.63) is 11.1 Å². The van der Waals surface area contributed by atoms with Gasteiger partial charge in [-0.05, 0) is 26.7 Å². The van der Waals surface area contributed by atoms with Crippen LogP contribution in [-0.4, -0.2) is 64.8 Å². The van der Waals surface area contributed by atoms with Gasteiger partial charge in [-0.1, -0.05) is 19.3 Å². The largest absolute Gasteiger partial charge is 0.387 e. The number of likely N-dealkylation sites (tertiary alicyclic amines) is 1. The quantitative estimate of drug-likeness (QED) is 0.740. The van der Waals surface area contributed by atoms with Gasteiger partial charge in [-0.2, -0.15) is 0 Å². The second-order valence-electron chi connectivity index (χ2n) is 6.96. The molecule has 1 aliphatic carbocycles. The number of likely N-dealkylation sites (N-methyl/N-ethyl adjacent to an activating group) is 1. The molecule has 1 amide bonds. The number of carbonyl (C=O) groups is 1. The van der Waals surface area contributed by atoms with Gasteiger partial charge in [0, 0.05) is 24.8 Å². The highest BCUT2D eigenvalue weighted by atomic mass is 16.7. The minimum atomic E-state index is -1.46. The molecule has 0 aromatic rings. The second kappa shape index (κ2) is 5.84. The molecule has 0 aromatic heterocycles. The number of β-lactam (4-membered cyclic amide) rings is 1. The van der Waals surface area contributed by atoms with Crippen LogP contribution in [0.1, 0.15) is 46.0 Å². The van der Waals surface area contributed by atoms with Crippen molar-refractivity contribution in [2.75, 3.05) is 20.3 Å². The predicted octanol–water partition coefficient (Wildman–Crippen LogP) is 0.963. The van der Waals surface area contributed by atoms with Gasteiger partial charge in [-0.15, -0.1) is 0 Å². The van der Waals surface area contributed by atoms with Crippen LogP contribution in [-0.2, 0) is 14.3 Å². The second-order valence-corrected chi connectivity index (χ2v) is 6.96. The van der Waals surface area contributed by atoms with Gasteiger partial charge in [0.05, 0.1) is 12.1 Å². The predicted molar refractivity (Wildman–Crippen MR) is 83.6 cm³/mol. The van der Waals surface area contributed by atoms with Crippen LogP contribution in [0.25, 0.3) is 0 Å². The van der Waals surface area contributed by atoms with Crippen LogP contribution in [0, 0.1) is 0 Å². The lowest BCUT2D eigenvalue weighted by Gasteiger charge is -2.53. The zero-order chi connectivity index (χ0) is 16.8. The van der Waals surface area contributed by atoms with Gasteiger partial charge in [-0.25, -0.2) is 0 Å². The maximum absolute atomic E-state index is 12.6. The first kappa shape index (κ1) is 16.9. The number of ether oxygens (including phenoxy) is 2. The van der Waals surface area contributed by atoms with Crippen molar-refractivity contribution < 1.29 is 24.5 Å². The fourth-order valence-electron chi connectivity index (χ4n) is 4.48. The number of hydrogen-bond acceptors (Lipinski definition) is 5. The minimum absolute atomic E-state index is 0.0340. The van der Waals surface area contributed by atoms with Gasteiger partial charge in [0.1, 0.15) is 12.2 Å². The van der Waals surface area contributed by atoms with Crippen molar-refractivity contribution in [2.45, 2.75) is 69.5 Å². The van der Waals surface area contributed by atoms with E-state index in [9.17, 15) is 15.0 Å². The van der Waals surface area contributed by atoms with E-state index in [-0.39, 0.29) is 18.1 Å². The smallest absolute Gasteiger partial charge is 0.253 e. The summed E-state index contributed by atoms with van der Waals surface area (Å²) in [4.78, 5) is 14.5. The molecular weight excluding hydrogens is 298 g/mol. The van der Waals surface area contributed by atoms with Crippen molar-refractivity contribution in [1.29, 1.82) is 0 Å². The Morgan fingerprint density at radius 3 is 2.74 bits per heavy atom. The summed E-state index contributed by atoms with van der Waals surface area (Å²) in [6, 6.07) is 0. The van der Waals surface area contributed by atoms with E-state index in [1.54, 1.807) is 0 Å². The van der Waals surface area contributed by atoms with Crippen molar-refractivity contribution in [2.24, 2.45) is 0 Å². The molecule has 4 unspecified atom stereocenters. The maximum Gasteiger partial charge on any atom is 0.253 e. The molecule has 3 aliphatic rings.